The second-order valence-corrected chi connectivity index (χ2v) is 5.53. The van der Waals surface area contributed by atoms with Gasteiger partial charge in [-0.1, -0.05) is 30.3 Å². The molecule has 22 heavy (non-hydrogen) atoms. The van der Waals surface area contributed by atoms with Crippen molar-refractivity contribution in [3.05, 3.63) is 53.6 Å². The van der Waals surface area contributed by atoms with Crippen LogP contribution in [0.1, 0.15) is 18.1 Å². The molecular weight excluding hydrogens is 274 g/mol. The number of methoxy groups -OCH3 is 1. The van der Waals surface area contributed by atoms with Crippen molar-refractivity contribution in [2.24, 2.45) is 0 Å². The van der Waals surface area contributed by atoms with Crippen molar-refractivity contribution in [2.45, 2.75) is 26.3 Å². The second kappa shape index (κ2) is 7.23. The molecule has 0 spiro atoms. The summed E-state index contributed by atoms with van der Waals surface area (Å²) >= 11 is 0. The first-order valence-electron chi connectivity index (χ1n) is 7.47. The van der Waals surface area contributed by atoms with Crippen LogP contribution < -0.4 is 10.1 Å². The monoisotopic (exact) mass is 297 g/mol. The number of carbonyl (C=O) groups is 1. The van der Waals surface area contributed by atoms with E-state index in [4.69, 9.17) is 4.74 Å². The van der Waals surface area contributed by atoms with Gasteiger partial charge >= 0.3 is 0 Å². The van der Waals surface area contributed by atoms with Crippen molar-refractivity contribution < 1.29 is 9.53 Å². The van der Waals surface area contributed by atoms with Crippen molar-refractivity contribution in [3.8, 4) is 16.9 Å². The molecule has 1 atom stereocenters. The van der Waals surface area contributed by atoms with E-state index >= 15 is 0 Å². The lowest BCUT2D eigenvalue weighted by molar-refractivity contribution is -0.118. The summed E-state index contributed by atoms with van der Waals surface area (Å²) < 4.78 is 5.24. The molecule has 3 nitrogen and oxygen atoms in total. The Balaban J connectivity index is 2.20. The Morgan fingerprint density at radius 2 is 1.86 bits per heavy atom. The zero-order chi connectivity index (χ0) is 16.1. The van der Waals surface area contributed by atoms with Crippen LogP contribution in [0.5, 0.6) is 5.75 Å². The molecular formula is C19H23NO2. The lowest BCUT2D eigenvalue weighted by atomic mass is 9.97. The van der Waals surface area contributed by atoms with E-state index in [1.165, 1.54) is 16.7 Å². The average molecular weight is 297 g/mol. The third kappa shape index (κ3) is 3.74. The number of hydrogen-bond acceptors (Lipinski definition) is 3. The molecule has 0 heterocycles. The molecule has 1 N–H and O–H groups in total. The molecule has 116 valence electrons. The number of carbonyl (C=O) groups excluding carboxylic acids is 1. The molecule has 0 aromatic heterocycles. The summed E-state index contributed by atoms with van der Waals surface area (Å²) in [5, 5.41) is 3.05. The van der Waals surface area contributed by atoms with Gasteiger partial charge < -0.3 is 10.1 Å². The Morgan fingerprint density at radius 1 is 1.18 bits per heavy atom. The highest BCUT2D eigenvalue weighted by atomic mass is 16.5. The summed E-state index contributed by atoms with van der Waals surface area (Å²) in [6.45, 7) is 3.70. The largest absolute Gasteiger partial charge is 0.497 e. The van der Waals surface area contributed by atoms with Gasteiger partial charge in [0, 0.05) is 0 Å². The zero-order valence-electron chi connectivity index (χ0n) is 13.6. The number of ketones is 1. The van der Waals surface area contributed by atoms with Crippen LogP contribution in [0.2, 0.25) is 0 Å². The normalized spacial score (nSPS) is 12.0. The Bertz CT molecular complexity index is 647. The fraction of sp³-hybridized carbons (Fsp3) is 0.316. The number of hydrogen-bond donors (Lipinski definition) is 1. The van der Waals surface area contributed by atoms with Gasteiger partial charge in [-0.2, -0.15) is 0 Å². The number of ether oxygens (including phenoxy) is 1. The van der Waals surface area contributed by atoms with Gasteiger partial charge in [0.1, 0.15) is 11.5 Å². The van der Waals surface area contributed by atoms with Gasteiger partial charge in [-0.05, 0) is 61.7 Å². The SMILES string of the molecule is CN[C@@H](Cc1ccc(-c2ccc(OC)cc2C)cc1)C(C)=O. The Morgan fingerprint density at radius 3 is 2.36 bits per heavy atom. The van der Waals surface area contributed by atoms with Crippen LogP contribution in [0.25, 0.3) is 11.1 Å². The molecule has 0 unspecified atom stereocenters. The molecule has 0 fully saturated rings. The van der Waals surface area contributed by atoms with Crippen LogP contribution in [0.15, 0.2) is 42.5 Å². The second-order valence-electron chi connectivity index (χ2n) is 5.53. The quantitative estimate of drug-likeness (QED) is 0.888. The summed E-state index contributed by atoms with van der Waals surface area (Å²) in [6.07, 6.45) is 0.716. The topological polar surface area (TPSA) is 38.3 Å². The Kier molecular flexibility index (Phi) is 5.34. The summed E-state index contributed by atoms with van der Waals surface area (Å²) in [5.74, 6) is 1.04. The minimum atomic E-state index is -0.117. The first-order valence-corrected chi connectivity index (χ1v) is 7.47. The summed E-state index contributed by atoms with van der Waals surface area (Å²) in [5.41, 5.74) is 4.71. The summed E-state index contributed by atoms with van der Waals surface area (Å²) in [7, 11) is 3.50. The van der Waals surface area contributed by atoms with Gasteiger partial charge in [-0.15, -0.1) is 0 Å². The molecule has 2 aromatic rings. The smallest absolute Gasteiger partial charge is 0.147 e. The highest BCUT2D eigenvalue weighted by Gasteiger charge is 2.12. The Hall–Kier alpha value is -2.13. The summed E-state index contributed by atoms with van der Waals surface area (Å²) in [4.78, 5) is 11.5. The van der Waals surface area contributed by atoms with Gasteiger partial charge in [-0.25, -0.2) is 0 Å². The third-order valence-corrected chi connectivity index (χ3v) is 3.98. The highest BCUT2D eigenvalue weighted by molar-refractivity contribution is 5.81. The fourth-order valence-corrected chi connectivity index (χ4v) is 2.59. The van der Waals surface area contributed by atoms with Gasteiger partial charge in [-0.3, -0.25) is 4.79 Å². The van der Waals surface area contributed by atoms with Gasteiger partial charge in [0.25, 0.3) is 0 Å². The highest BCUT2D eigenvalue weighted by Crippen LogP contribution is 2.27. The minimum Gasteiger partial charge on any atom is -0.497 e. The first-order chi connectivity index (χ1) is 10.5. The van der Waals surface area contributed by atoms with Crippen LogP contribution >= 0.6 is 0 Å². The maximum absolute atomic E-state index is 11.5. The lowest BCUT2D eigenvalue weighted by Crippen LogP contribution is -2.34. The fourth-order valence-electron chi connectivity index (χ4n) is 2.59. The minimum absolute atomic E-state index is 0.117. The van der Waals surface area contributed by atoms with Crippen molar-refractivity contribution in [2.75, 3.05) is 14.2 Å². The van der Waals surface area contributed by atoms with E-state index in [0.29, 0.717) is 6.42 Å². The molecule has 0 amide bonds. The number of rotatable bonds is 6. The van der Waals surface area contributed by atoms with Gasteiger partial charge in [0.15, 0.2) is 0 Å². The zero-order valence-corrected chi connectivity index (χ0v) is 13.6. The van der Waals surface area contributed by atoms with E-state index in [-0.39, 0.29) is 11.8 Å². The molecule has 0 aliphatic rings. The lowest BCUT2D eigenvalue weighted by Gasteiger charge is -2.13. The van der Waals surface area contributed by atoms with Gasteiger partial charge in [0.2, 0.25) is 0 Å². The third-order valence-electron chi connectivity index (χ3n) is 3.98. The average Bonchev–Trinajstić information content (AvgIpc) is 2.53. The van der Waals surface area contributed by atoms with Crippen molar-refractivity contribution in [1.82, 2.24) is 5.32 Å². The molecule has 2 rings (SSSR count). The first kappa shape index (κ1) is 16.2. The van der Waals surface area contributed by atoms with E-state index in [9.17, 15) is 4.79 Å². The predicted octanol–water partition coefficient (Wildman–Crippen LogP) is 3.39. The molecule has 0 bridgehead atoms. The predicted molar refractivity (Wildman–Crippen MR) is 90.4 cm³/mol. The molecule has 3 heteroatoms. The van der Waals surface area contributed by atoms with E-state index in [0.717, 1.165) is 11.3 Å². The molecule has 0 saturated carbocycles. The number of aryl methyl sites for hydroxylation is 1. The standard InChI is InChI=1S/C19H23NO2/c1-13-11-17(22-4)9-10-18(13)16-7-5-15(6-8-16)12-19(20-3)14(2)21/h5-11,19-20H,12H2,1-4H3/t19-/m0/s1. The maximum atomic E-state index is 11.5. The van der Waals surface area contributed by atoms with Crippen LogP contribution in [-0.4, -0.2) is 26.0 Å². The Labute approximate surface area is 132 Å². The molecule has 0 saturated heterocycles. The molecule has 0 radical (unpaired) electrons. The van der Waals surface area contributed by atoms with E-state index < -0.39 is 0 Å². The van der Waals surface area contributed by atoms with Crippen molar-refractivity contribution in [1.29, 1.82) is 0 Å². The van der Waals surface area contributed by atoms with Crippen LogP contribution in [0.4, 0.5) is 0 Å². The molecule has 0 aliphatic carbocycles. The van der Waals surface area contributed by atoms with Crippen LogP contribution in [0, 0.1) is 6.92 Å². The number of benzene rings is 2. The number of nitrogens with one attached hydrogen (secondary N) is 1. The maximum Gasteiger partial charge on any atom is 0.147 e. The van der Waals surface area contributed by atoms with Crippen molar-refractivity contribution >= 4 is 5.78 Å². The molecule has 2 aromatic carbocycles. The van der Waals surface area contributed by atoms with E-state index in [1.54, 1.807) is 14.0 Å². The van der Waals surface area contributed by atoms with Crippen LogP contribution in [0.3, 0.4) is 0 Å². The van der Waals surface area contributed by atoms with E-state index in [1.807, 2.05) is 19.2 Å². The molecule has 0 aliphatic heterocycles. The summed E-state index contributed by atoms with van der Waals surface area (Å²) in [6, 6.07) is 14.4. The van der Waals surface area contributed by atoms with Crippen molar-refractivity contribution in [3.63, 3.8) is 0 Å². The van der Waals surface area contributed by atoms with E-state index in [2.05, 4.69) is 42.6 Å². The van der Waals surface area contributed by atoms with Gasteiger partial charge in [0.05, 0.1) is 13.2 Å². The number of likely N-dealkylation sites (N-methyl/N-ethyl adjacent to an activating group) is 1. The van der Waals surface area contributed by atoms with Crippen LogP contribution in [-0.2, 0) is 11.2 Å². The number of Topliss-reactive ketones (excluding diaryl/α,β-unsaturated/α-hetero) is 1.